The number of amides is 1. The van der Waals surface area contributed by atoms with E-state index in [9.17, 15) is 9.59 Å². The van der Waals surface area contributed by atoms with E-state index >= 15 is 0 Å². The van der Waals surface area contributed by atoms with E-state index in [-0.39, 0.29) is 25.7 Å². The highest BCUT2D eigenvalue weighted by Crippen LogP contribution is 2.16. The van der Waals surface area contributed by atoms with Gasteiger partial charge in [-0.25, -0.2) is 0 Å². The third-order valence-electron chi connectivity index (χ3n) is 2.94. The summed E-state index contributed by atoms with van der Waals surface area (Å²) in [6, 6.07) is 13.8. The fourth-order valence-electron chi connectivity index (χ4n) is 1.79. The molecule has 7 heteroatoms. The Hall–Kier alpha value is -2.05. The summed E-state index contributed by atoms with van der Waals surface area (Å²) >= 11 is 9.05. The third kappa shape index (κ3) is 5.86. The minimum atomic E-state index is -0.532. The molecule has 0 atom stereocenters. The van der Waals surface area contributed by atoms with Crippen molar-refractivity contribution in [2.45, 2.75) is 0 Å². The molecule has 0 saturated carbocycles. The van der Waals surface area contributed by atoms with E-state index in [1.165, 1.54) is 0 Å². The first kappa shape index (κ1) is 18.3. The maximum atomic E-state index is 11.9. The van der Waals surface area contributed by atoms with Crippen LogP contribution in [0.2, 0.25) is 5.02 Å². The molecule has 1 N–H and O–H groups in total. The van der Waals surface area contributed by atoms with Crippen molar-refractivity contribution in [3.05, 3.63) is 63.6 Å². The van der Waals surface area contributed by atoms with Gasteiger partial charge >= 0.3 is 5.97 Å². The maximum Gasteiger partial charge on any atom is 0.325 e. The lowest BCUT2D eigenvalue weighted by atomic mass is 10.2. The predicted octanol–water partition coefficient (Wildman–Crippen LogP) is 3.45. The Kier molecular flexibility index (Phi) is 7.08. The number of rotatable bonds is 7. The van der Waals surface area contributed by atoms with Gasteiger partial charge in [0, 0.05) is 9.50 Å². The zero-order valence-electron chi connectivity index (χ0n) is 12.6. The highest BCUT2D eigenvalue weighted by atomic mass is 79.9. The van der Waals surface area contributed by atoms with Crippen molar-refractivity contribution in [2.24, 2.45) is 0 Å². The van der Waals surface area contributed by atoms with Crippen molar-refractivity contribution >= 4 is 39.4 Å². The van der Waals surface area contributed by atoms with Gasteiger partial charge < -0.3 is 14.8 Å². The molecule has 0 unspecified atom stereocenters. The van der Waals surface area contributed by atoms with E-state index in [0.717, 1.165) is 0 Å². The molecular weight excluding hydrogens is 398 g/mol. The second kappa shape index (κ2) is 9.30. The smallest absolute Gasteiger partial charge is 0.325 e. The predicted molar refractivity (Wildman–Crippen MR) is 94.4 cm³/mol. The van der Waals surface area contributed by atoms with Crippen LogP contribution >= 0.6 is 27.5 Å². The van der Waals surface area contributed by atoms with Crippen LogP contribution in [0, 0.1) is 0 Å². The highest BCUT2D eigenvalue weighted by molar-refractivity contribution is 9.10. The molecule has 0 radical (unpaired) electrons. The Morgan fingerprint density at radius 3 is 2.46 bits per heavy atom. The summed E-state index contributed by atoms with van der Waals surface area (Å²) in [6.45, 7) is 0.0963. The van der Waals surface area contributed by atoms with E-state index in [1.807, 2.05) is 0 Å². The van der Waals surface area contributed by atoms with Gasteiger partial charge in [-0.15, -0.1) is 0 Å². The minimum absolute atomic E-state index is 0.0896. The summed E-state index contributed by atoms with van der Waals surface area (Å²) in [5.41, 5.74) is 0.455. The monoisotopic (exact) mass is 411 g/mol. The number of ether oxygens (including phenoxy) is 2. The van der Waals surface area contributed by atoms with E-state index in [4.69, 9.17) is 21.1 Å². The summed E-state index contributed by atoms with van der Waals surface area (Å²) in [7, 11) is 0. The summed E-state index contributed by atoms with van der Waals surface area (Å²) in [6.07, 6.45) is 0. The van der Waals surface area contributed by atoms with Crippen molar-refractivity contribution in [1.82, 2.24) is 5.32 Å². The molecule has 5 nitrogen and oxygen atoms in total. The van der Waals surface area contributed by atoms with Crippen molar-refractivity contribution in [1.29, 1.82) is 0 Å². The number of esters is 1. The zero-order chi connectivity index (χ0) is 17.4. The first-order valence-corrected chi connectivity index (χ1v) is 8.30. The maximum absolute atomic E-state index is 11.9. The van der Waals surface area contributed by atoms with Crippen LogP contribution in [-0.2, 0) is 9.53 Å². The van der Waals surface area contributed by atoms with Crippen LogP contribution in [-0.4, -0.2) is 31.6 Å². The van der Waals surface area contributed by atoms with Crippen molar-refractivity contribution in [2.75, 3.05) is 19.8 Å². The molecular formula is C17H15BrClNO4. The first-order valence-electron chi connectivity index (χ1n) is 7.13. The van der Waals surface area contributed by atoms with Gasteiger partial charge in [-0.3, -0.25) is 9.59 Å². The number of halogens is 2. The number of benzene rings is 2. The fraction of sp³-hybridized carbons (Fsp3) is 0.176. The molecule has 1 amide bonds. The van der Waals surface area contributed by atoms with Gasteiger partial charge in [-0.1, -0.05) is 23.7 Å². The Bertz CT molecular complexity index is 706. The lowest BCUT2D eigenvalue weighted by Gasteiger charge is -2.09. The Morgan fingerprint density at radius 2 is 1.75 bits per heavy atom. The van der Waals surface area contributed by atoms with Gasteiger partial charge in [-0.2, -0.15) is 0 Å². The Labute approximate surface area is 153 Å². The molecule has 0 aliphatic carbocycles. The van der Waals surface area contributed by atoms with Gasteiger partial charge in [-0.05, 0) is 52.3 Å². The SMILES string of the molecule is O=C(CNC(=O)c1ccccc1Br)OCCOc1ccc(Cl)cc1. The second-order valence-corrected chi connectivity index (χ2v) is 5.98. The summed E-state index contributed by atoms with van der Waals surface area (Å²) < 4.78 is 11.0. The van der Waals surface area contributed by atoms with Crippen molar-refractivity contribution < 1.29 is 19.1 Å². The van der Waals surface area contributed by atoms with Crippen LogP contribution in [0.4, 0.5) is 0 Å². The average Bonchev–Trinajstić information content (AvgIpc) is 2.58. The quantitative estimate of drug-likeness (QED) is 0.559. The van der Waals surface area contributed by atoms with E-state index in [0.29, 0.717) is 20.8 Å². The lowest BCUT2D eigenvalue weighted by Crippen LogP contribution is -2.31. The molecule has 126 valence electrons. The summed E-state index contributed by atoms with van der Waals surface area (Å²) in [4.78, 5) is 23.5. The zero-order valence-corrected chi connectivity index (χ0v) is 15.0. The number of nitrogens with one attached hydrogen (secondary N) is 1. The Balaban J connectivity index is 1.65. The normalized spacial score (nSPS) is 10.1. The number of hydrogen-bond donors (Lipinski definition) is 1. The van der Waals surface area contributed by atoms with Gasteiger partial charge in [0.15, 0.2) is 0 Å². The largest absolute Gasteiger partial charge is 0.490 e. The van der Waals surface area contributed by atoms with Gasteiger partial charge in [0.05, 0.1) is 5.56 Å². The molecule has 0 fully saturated rings. The topological polar surface area (TPSA) is 64.6 Å². The van der Waals surface area contributed by atoms with E-state index in [1.54, 1.807) is 48.5 Å². The van der Waals surface area contributed by atoms with Gasteiger partial charge in [0.25, 0.3) is 5.91 Å². The first-order chi connectivity index (χ1) is 11.6. The van der Waals surface area contributed by atoms with Crippen LogP contribution < -0.4 is 10.1 Å². The summed E-state index contributed by atoms with van der Waals surface area (Å²) in [5.74, 6) is -0.246. The lowest BCUT2D eigenvalue weighted by molar-refractivity contribution is -0.143. The number of hydrogen-bond acceptors (Lipinski definition) is 4. The van der Waals surface area contributed by atoms with Crippen molar-refractivity contribution in [3.63, 3.8) is 0 Å². The van der Waals surface area contributed by atoms with Crippen LogP contribution in [0.1, 0.15) is 10.4 Å². The molecule has 0 saturated heterocycles. The summed E-state index contributed by atoms with van der Waals surface area (Å²) in [5, 5.41) is 3.13. The molecule has 0 aliphatic heterocycles. The van der Waals surface area contributed by atoms with E-state index < -0.39 is 5.97 Å². The second-order valence-electron chi connectivity index (χ2n) is 4.69. The third-order valence-corrected chi connectivity index (χ3v) is 3.88. The molecule has 0 bridgehead atoms. The molecule has 2 aromatic rings. The fourth-order valence-corrected chi connectivity index (χ4v) is 2.38. The van der Waals surface area contributed by atoms with Gasteiger partial charge in [0.2, 0.25) is 0 Å². The van der Waals surface area contributed by atoms with Crippen LogP contribution in [0.5, 0.6) is 5.75 Å². The van der Waals surface area contributed by atoms with Crippen molar-refractivity contribution in [3.8, 4) is 5.75 Å². The number of carbonyl (C=O) groups is 2. The Morgan fingerprint density at radius 1 is 1.04 bits per heavy atom. The van der Waals surface area contributed by atoms with E-state index in [2.05, 4.69) is 21.2 Å². The van der Waals surface area contributed by atoms with Crippen LogP contribution in [0.3, 0.4) is 0 Å². The molecule has 0 heterocycles. The molecule has 2 aromatic carbocycles. The highest BCUT2D eigenvalue weighted by Gasteiger charge is 2.11. The molecule has 2 rings (SSSR count). The standard InChI is InChI=1S/C17H15BrClNO4/c18-15-4-2-1-3-14(15)17(22)20-11-16(21)24-10-9-23-13-7-5-12(19)6-8-13/h1-8H,9-11H2,(H,20,22). The molecule has 24 heavy (non-hydrogen) atoms. The molecule has 0 aliphatic rings. The van der Waals surface area contributed by atoms with Gasteiger partial charge in [0.1, 0.15) is 25.5 Å². The minimum Gasteiger partial charge on any atom is -0.490 e. The average molecular weight is 413 g/mol. The van der Waals surface area contributed by atoms with Crippen LogP contribution in [0.25, 0.3) is 0 Å². The number of carbonyl (C=O) groups excluding carboxylic acids is 2. The molecule has 0 aromatic heterocycles. The molecule has 0 spiro atoms. The van der Waals surface area contributed by atoms with Crippen LogP contribution in [0.15, 0.2) is 53.0 Å².